The smallest absolute Gasteiger partial charge is 0.251 e. The highest BCUT2D eigenvalue weighted by Crippen LogP contribution is 2.33. The monoisotopic (exact) mass is 448 g/mol. The Morgan fingerprint density at radius 1 is 0.909 bits per heavy atom. The number of benzene rings is 2. The zero-order valence-corrected chi connectivity index (χ0v) is 20.0. The first-order valence-corrected chi connectivity index (χ1v) is 12.4. The summed E-state index contributed by atoms with van der Waals surface area (Å²) in [6, 6.07) is 12.8. The molecule has 0 unspecified atom stereocenters. The van der Waals surface area contributed by atoms with Gasteiger partial charge in [0.05, 0.1) is 13.2 Å². The molecule has 2 saturated heterocycles. The largest absolute Gasteiger partial charge is 0.378 e. The Bertz CT molecular complexity index is 976. The number of likely N-dealkylation sites (N-methyl/N-ethyl adjacent to an activating group) is 1. The van der Waals surface area contributed by atoms with Crippen molar-refractivity contribution in [2.24, 2.45) is 0 Å². The van der Waals surface area contributed by atoms with Crippen molar-refractivity contribution in [2.75, 3.05) is 69.3 Å². The number of morpholine rings is 1. The Balaban J connectivity index is 1.27. The summed E-state index contributed by atoms with van der Waals surface area (Å²) < 4.78 is 5.44. The van der Waals surface area contributed by atoms with Crippen LogP contribution in [0.15, 0.2) is 36.4 Å². The second kappa shape index (κ2) is 9.74. The van der Waals surface area contributed by atoms with Crippen molar-refractivity contribution in [3.05, 3.63) is 58.7 Å². The van der Waals surface area contributed by atoms with E-state index in [4.69, 9.17) is 4.74 Å². The summed E-state index contributed by atoms with van der Waals surface area (Å²) in [5.74, 6) is 0.0331. The van der Waals surface area contributed by atoms with Crippen LogP contribution in [0.2, 0.25) is 0 Å². The molecular formula is C27H36N4O2. The van der Waals surface area contributed by atoms with Crippen molar-refractivity contribution in [1.29, 1.82) is 0 Å². The molecule has 2 aromatic rings. The maximum atomic E-state index is 13.0. The lowest BCUT2D eigenvalue weighted by Crippen LogP contribution is -2.45. The van der Waals surface area contributed by atoms with E-state index in [9.17, 15) is 4.79 Å². The Morgan fingerprint density at radius 3 is 2.36 bits per heavy atom. The minimum absolute atomic E-state index is 0.0331. The van der Waals surface area contributed by atoms with E-state index < -0.39 is 0 Å². The fraction of sp³-hybridized carbons (Fsp3) is 0.519. The average Bonchev–Trinajstić information content (AvgIpc) is 2.86. The molecule has 1 amide bonds. The molecule has 0 radical (unpaired) electrons. The summed E-state index contributed by atoms with van der Waals surface area (Å²) >= 11 is 0. The molecule has 0 saturated carbocycles. The lowest BCUT2D eigenvalue weighted by molar-refractivity contribution is 0.0933. The molecule has 5 rings (SSSR count). The van der Waals surface area contributed by atoms with Gasteiger partial charge in [0.15, 0.2) is 0 Å². The maximum Gasteiger partial charge on any atom is 0.251 e. The summed E-state index contributed by atoms with van der Waals surface area (Å²) in [5, 5.41) is 3.33. The van der Waals surface area contributed by atoms with E-state index in [1.54, 1.807) is 0 Å². The van der Waals surface area contributed by atoms with Crippen LogP contribution in [0.25, 0.3) is 0 Å². The van der Waals surface area contributed by atoms with E-state index in [2.05, 4.69) is 58.3 Å². The van der Waals surface area contributed by atoms with Gasteiger partial charge in [0.25, 0.3) is 5.91 Å². The van der Waals surface area contributed by atoms with Crippen LogP contribution in [0.4, 0.5) is 11.4 Å². The van der Waals surface area contributed by atoms with Gasteiger partial charge in [0.1, 0.15) is 0 Å². The van der Waals surface area contributed by atoms with Gasteiger partial charge in [0, 0.05) is 62.2 Å². The van der Waals surface area contributed by atoms with Crippen LogP contribution in [0.1, 0.15) is 33.5 Å². The molecule has 6 nitrogen and oxygen atoms in total. The highest BCUT2D eigenvalue weighted by atomic mass is 16.5. The number of nitrogens with one attached hydrogen (secondary N) is 1. The lowest BCUT2D eigenvalue weighted by Gasteiger charge is -2.37. The molecule has 2 aromatic carbocycles. The molecule has 2 fully saturated rings. The number of hydrogen-bond donors (Lipinski definition) is 1. The number of carbonyl (C=O) groups excluding carboxylic acids is 1. The molecule has 1 atom stereocenters. The lowest BCUT2D eigenvalue weighted by atomic mass is 9.84. The number of carbonyl (C=O) groups is 1. The molecule has 0 spiro atoms. The van der Waals surface area contributed by atoms with Crippen LogP contribution >= 0.6 is 0 Å². The van der Waals surface area contributed by atoms with E-state index >= 15 is 0 Å². The Labute approximate surface area is 197 Å². The number of amides is 1. The highest BCUT2D eigenvalue weighted by Gasteiger charge is 2.27. The fourth-order valence-corrected chi connectivity index (χ4v) is 5.42. The SMILES string of the molecule is Cc1ccc(N2CCN(C)CC2)c2c1CC[C@H](NC(=O)c1ccc(N3CCOCC3)cc1)C2. The minimum Gasteiger partial charge on any atom is -0.378 e. The predicted octanol–water partition coefficient (Wildman–Crippen LogP) is 2.87. The Kier molecular flexibility index (Phi) is 6.56. The van der Waals surface area contributed by atoms with Crippen molar-refractivity contribution in [3.8, 4) is 0 Å². The number of fused-ring (bicyclic) bond motifs is 1. The maximum absolute atomic E-state index is 13.0. The van der Waals surface area contributed by atoms with E-state index in [0.29, 0.717) is 0 Å². The third-order valence-electron chi connectivity index (χ3n) is 7.52. The standard InChI is InChI=1S/C27H36N4O2/c1-20-3-10-26(31-13-11-29(2)12-14-31)25-19-22(6-9-24(20)25)28-27(32)21-4-7-23(8-5-21)30-15-17-33-18-16-30/h3-5,7-8,10,22H,6,9,11-19H2,1-2H3,(H,28,32)/t22-/m0/s1. The van der Waals surface area contributed by atoms with Crippen LogP contribution in [0.3, 0.4) is 0 Å². The third kappa shape index (κ3) is 4.87. The zero-order valence-electron chi connectivity index (χ0n) is 20.0. The topological polar surface area (TPSA) is 48.0 Å². The molecule has 6 heteroatoms. The van der Waals surface area contributed by atoms with Crippen LogP contribution in [-0.2, 0) is 17.6 Å². The van der Waals surface area contributed by atoms with Gasteiger partial charge >= 0.3 is 0 Å². The van der Waals surface area contributed by atoms with Crippen molar-refractivity contribution >= 4 is 17.3 Å². The first-order chi connectivity index (χ1) is 16.1. The van der Waals surface area contributed by atoms with Crippen LogP contribution in [-0.4, -0.2) is 76.4 Å². The van der Waals surface area contributed by atoms with Crippen molar-refractivity contribution in [3.63, 3.8) is 0 Å². The second-order valence-corrected chi connectivity index (χ2v) is 9.71. The van der Waals surface area contributed by atoms with Crippen LogP contribution in [0, 0.1) is 6.92 Å². The number of hydrogen-bond acceptors (Lipinski definition) is 5. The zero-order chi connectivity index (χ0) is 22.8. The van der Waals surface area contributed by atoms with Gasteiger partial charge < -0.3 is 24.8 Å². The summed E-state index contributed by atoms with van der Waals surface area (Å²) in [4.78, 5) is 20.3. The van der Waals surface area contributed by atoms with Crippen LogP contribution in [0.5, 0.6) is 0 Å². The van der Waals surface area contributed by atoms with Gasteiger partial charge in [-0.15, -0.1) is 0 Å². The van der Waals surface area contributed by atoms with Gasteiger partial charge in [-0.25, -0.2) is 0 Å². The minimum atomic E-state index is 0.0331. The molecule has 33 heavy (non-hydrogen) atoms. The molecule has 1 N–H and O–H groups in total. The molecule has 2 aliphatic heterocycles. The molecule has 0 bridgehead atoms. The summed E-state index contributed by atoms with van der Waals surface area (Å²) in [6.45, 7) is 9.90. The highest BCUT2D eigenvalue weighted by molar-refractivity contribution is 5.94. The fourth-order valence-electron chi connectivity index (χ4n) is 5.42. The number of piperazine rings is 1. The van der Waals surface area contributed by atoms with Crippen molar-refractivity contribution in [1.82, 2.24) is 10.2 Å². The molecule has 176 valence electrons. The Hall–Kier alpha value is -2.57. The van der Waals surface area contributed by atoms with Gasteiger partial charge in [0.2, 0.25) is 0 Å². The number of anilines is 2. The summed E-state index contributed by atoms with van der Waals surface area (Å²) in [5.41, 5.74) is 7.59. The second-order valence-electron chi connectivity index (χ2n) is 9.71. The Morgan fingerprint density at radius 2 is 1.64 bits per heavy atom. The number of aryl methyl sites for hydroxylation is 1. The van der Waals surface area contributed by atoms with E-state index in [1.165, 1.54) is 22.4 Å². The molecule has 0 aromatic heterocycles. The van der Waals surface area contributed by atoms with Crippen molar-refractivity contribution < 1.29 is 9.53 Å². The normalized spacial score (nSPS) is 21.6. The average molecular weight is 449 g/mol. The molecule has 2 heterocycles. The van der Waals surface area contributed by atoms with E-state index in [-0.39, 0.29) is 11.9 Å². The van der Waals surface area contributed by atoms with E-state index in [0.717, 1.165) is 83.0 Å². The molecular weight excluding hydrogens is 412 g/mol. The van der Waals surface area contributed by atoms with Gasteiger partial charge in [-0.1, -0.05) is 6.07 Å². The number of ether oxygens (including phenoxy) is 1. The molecule has 1 aliphatic carbocycles. The number of nitrogens with zero attached hydrogens (tertiary/aromatic N) is 3. The summed E-state index contributed by atoms with van der Waals surface area (Å²) in [6.07, 6.45) is 2.94. The molecule has 3 aliphatic rings. The number of rotatable bonds is 4. The first-order valence-electron chi connectivity index (χ1n) is 12.4. The van der Waals surface area contributed by atoms with Gasteiger partial charge in [-0.05, 0) is 80.3 Å². The van der Waals surface area contributed by atoms with Crippen molar-refractivity contribution in [2.45, 2.75) is 32.2 Å². The third-order valence-corrected chi connectivity index (χ3v) is 7.52. The quantitative estimate of drug-likeness (QED) is 0.780. The van der Waals surface area contributed by atoms with Gasteiger partial charge in [-0.3, -0.25) is 4.79 Å². The predicted molar refractivity (Wildman–Crippen MR) is 134 cm³/mol. The van der Waals surface area contributed by atoms with Gasteiger partial charge in [-0.2, -0.15) is 0 Å². The van der Waals surface area contributed by atoms with Crippen LogP contribution < -0.4 is 15.1 Å². The summed E-state index contributed by atoms with van der Waals surface area (Å²) in [7, 11) is 2.20. The van der Waals surface area contributed by atoms with E-state index in [1.807, 2.05) is 12.1 Å². The first kappa shape index (κ1) is 22.2.